The van der Waals surface area contributed by atoms with E-state index in [1.807, 2.05) is 0 Å². The fourth-order valence-corrected chi connectivity index (χ4v) is 3.45. The van der Waals surface area contributed by atoms with E-state index < -0.39 is 16.0 Å². The number of aromatic amines is 2. The maximum Gasteiger partial charge on any atom is 0.303 e. The Hall–Kier alpha value is -2.65. The molecule has 0 saturated heterocycles. The van der Waals surface area contributed by atoms with Crippen LogP contribution < -0.4 is 10.3 Å². The van der Waals surface area contributed by atoms with Gasteiger partial charge in [-0.1, -0.05) is 0 Å². The molecular weight excluding hydrogens is 334 g/mol. The van der Waals surface area contributed by atoms with E-state index in [2.05, 4.69) is 14.7 Å². The van der Waals surface area contributed by atoms with Crippen molar-refractivity contribution in [3.05, 3.63) is 40.3 Å². The van der Waals surface area contributed by atoms with E-state index in [1.165, 1.54) is 25.2 Å². The minimum atomic E-state index is -3.64. The van der Waals surface area contributed by atoms with Gasteiger partial charge in [0.1, 0.15) is 5.52 Å². The Balaban J connectivity index is 2.33. The average molecular weight is 349 g/mol. The standard InChI is InChI=1S/C15H15N3O5S/c1-16-24(22,23)9-3-4-11-10(6-9)13-8(2-5-12(19)20)7-17-14(13)15(21)18-11/h3-4,6-7,16-17H,2,5H2,1H3,(H,18,21)(H,19,20). The summed E-state index contributed by atoms with van der Waals surface area (Å²) in [5, 5.41) is 9.96. The highest BCUT2D eigenvalue weighted by molar-refractivity contribution is 7.89. The predicted molar refractivity (Wildman–Crippen MR) is 88.6 cm³/mol. The van der Waals surface area contributed by atoms with E-state index in [0.29, 0.717) is 27.4 Å². The van der Waals surface area contributed by atoms with Gasteiger partial charge < -0.3 is 15.1 Å². The highest BCUT2D eigenvalue weighted by Crippen LogP contribution is 2.27. The summed E-state index contributed by atoms with van der Waals surface area (Å²) in [5.74, 6) is -0.947. The van der Waals surface area contributed by atoms with Crippen LogP contribution in [0.2, 0.25) is 0 Å². The van der Waals surface area contributed by atoms with Gasteiger partial charge in [0.2, 0.25) is 10.0 Å². The van der Waals surface area contributed by atoms with Crippen molar-refractivity contribution in [2.75, 3.05) is 7.05 Å². The van der Waals surface area contributed by atoms with Crippen LogP contribution in [0.4, 0.5) is 0 Å². The first-order valence-corrected chi connectivity index (χ1v) is 8.63. The molecule has 0 radical (unpaired) electrons. The summed E-state index contributed by atoms with van der Waals surface area (Å²) in [6, 6.07) is 4.39. The number of hydrogen-bond acceptors (Lipinski definition) is 4. The number of H-pyrrole nitrogens is 2. The van der Waals surface area contributed by atoms with Crippen LogP contribution in [0.15, 0.2) is 34.1 Å². The average Bonchev–Trinajstić information content (AvgIpc) is 2.97. The van der Waals surface area contributed by atoms with Crippen molar-refractivity contribution in [3.63, 3.8) is 0 Å². The summed E-state index contributed by atoms with van der Waals surface area (Å²) in [5.41, 5.74) is 1.09. The van der Waals surface area contributed by atoms with E-state index in [0.717, 1.165) is 0 Å². The van der Waals surface area contributed by atoms with E-state index in [-0.39, 0.29) is 23.3 Å². The Kier molecular flexibility index (Phi) is 3.90. The Bertz CT molecular complexity index is 1110. The number of aryl methyl sites for hydroxylation is 1. The number of hydrogen-bond donors (Lipinski definition) is 4. The van der Waals surface area contributed by atoms with Gasteiger partial charge in [-0.2, -0.15) is 0 Å². The van der Waals surface area contributed by atoms with Gasteiger partial charge in [0.05, 0.1) is 4.90 Å². The van der Waals surface area contributed by atoms with Gasteiger partial charge in [0, 0.05) is 28.9 Å². The van der Waals surface area contributed by atoms with Crippen LogP contribution in [0.3, 0.4) is 0 Å². The lowest BCUT2D eigenvalue weighted by atomic mass is 10.0. The molecule has 0 amide bonds. The molecule has 2 heterocycles. The number of benzene rings is 1. The first-order valence-electron chi connectivity index (χ1n) is 7.15. The van der Waals surface area contributed by atoms with Crippen molar-refractivity contribution >= 4 is 37.8 Å². The topological polar surface area (TPSA) is 132 Å². The first kappa shape index (κ1) is 16.2. The van der Waals surface area contributed by atoms with Crippen molar-refractivity contribution in [2.24, 2.45) is 0 Å². The third kappa shape index (κ3) is 2.68. The molecule has 2 aromatic heterocycles. The molecule has 0 atom stereocenters. The number of aromatic nitrogens is 2. The molecule has 1 aromatic carbocycles. The van der Waals surface area contributed by atoms with Crippen LogP contribution in [-0.2, 0) is 21.2 Å². The van der Waals surface area contributed by atoms with Crippen LogP contribution >= 0.6 is 0 Å². The quantitative estimate of drug-likeness (QED) is 0.544. The molecule has 126 valence electrons. The van der Waals surface area contributed by atoms with Gasteiger partial charge in [-0.15, -0.1) is 0 Å². The number of pyridine rings is 1. The second kappa shape index (κ2) is 5.77. The molecule has 3 rings (SSSR count). The lowest BCUT2D eigenvalue weighted by molar-refractivity contribution is -0.136. The number of fused-ring (bicyclic) bond motifs is 3. The van der Waals surface area contributed by atoms with Crippen LogP contribution in [0.1, 0.15) is 12.0 Å². The normalized spacial score (nSPS) is 12.0. The molecule has 0 bridgehead atoms. The lowest BCUT2D eigenvalue weighted by Crippen LogP contribution is -2.18. The second-order valence-corrected chi connectivity index (χ2v) is 7.21. The molecule has 8 nitrogen and oxygen atoms in total. The van der Waals surface area contributed by atoms with Gasteiger partial charge in [-0.3, -0.25) is 9.59 Å². The zero-order valence-corrected chi connectivity index (χ0v) is 13.5. The predicted octanol–water partition coefficient (Wildman–Crippen LogP) is 0.935. The lowest BCUT2D eigenvalue weighted by Gasteiger charge is -2.07. The highest BCUT2D eigenvalue weighted by atomic mass is 32.2. The summed E-state index contributed by atoms with van der Waals surface area (Å²) in [6.07, 6.45) is 1.73. The number of aliphatic carboxylic acids is 1. The third-order valence-corrected chi connectivity index (χ3v) is 5.30. The van der Waals surface area contributed by atoms with Crippen LogP contribution in [0.5, 0.6) is 0 Å². The molecule has 3 aromatic rings. The van der Waals surface area contributed by atoms with E-state index in [1.54, 1.807) is 6.20 Å². The van der Waals surface area contributed by atoms with E-state index >= 15 is 0 Å². The first-order chi connectivity index (χ1) is 11.3. The van der Waals surface area contributed by atoms with Crippen molar-refractivity contribution in [1.82, 2.24) is 14.7 Å². The van der Waals surface area contributed by atoms with Gasteiger partial charge in [-0.25, -0.2) is 13.1 Å². The fourth-order valence-electron chi connectivity index (χ4n) is 2.70. The molecule has 0 aliphatic carbocycles. The third-order valence-electron chi connectivity index (χ3n) is 3.88. The molecule has 0 fully saturated rings. The van der Waals surface area contributed by atoms with Gasteiger partial charge in [-0.05, 0) is 37.2 Å². The SMILES string of the molecule is CNS(=O)(=O)c1ccc2[nH]c(=O)c3[nH]cc(CCC(=O)O)c3c2c1. The van der Waals surface area contributed by atoms with Crippen molar-refractivity contribution in [2.45, 2.75) is 17.7 Å². The zero-order valence-electron chi connectivity index (χ0n) is 12.7. The highest BCUT2D eigenvalue weighted by Gasteiger charge is 2.16. The number of carboxylic acid groups (broad SMARTS) is 1. The monoisotopic (exact) mass is 349 g/mol. The van der Waals surface area contributed by atoms with Crippen molar-refractivity contribution in [1.29, 1.82) is 0 Å². The molecule has 0 aliphatic rings. The maximum absolute atomic E-state index is 12.1. The summed E-state index contributed by atoms with van der Waals surface area (Å²) in [6.45, 7) is 0. The van der Waals surface area contributed by atoms with Crippen LogP contribution in [0, 0.1) is 0 Å². The minimum Gasteiger partial charge on any atom is -0.481 e. The van der Waals surface area contributed by atoms with Crippen molar-refractivity contribution in [3.8, 4) is 0 Å². The maximum atomic E-state index is 12.1. The summed E-state index contributed by atoms with van der Waals surface area (Å²) in [4.78, 5) is 28.6. The zero-order chi connectivity index (χ0) is 17.5. The van der Waals surface area contributed by atoms with E-state index in [9.17, 15) is 18.0 Å². The number of carboxylic acids is 1. The fraction of sp³-hybridized carbons (Fsp3) is 0.200. The Morgan fingerprint density at radius 1 is 1.33 bits per heavy atom. The number of rotatable bonds is 5. The summed E-state index contributed by atoms with van der Waals surface area (Å²) >= 11 is 0. The molecule has 9 heteroatoms. The van der Waals surface area contributed by atoms with Crippen molar-refractivity contribution < 1.29 is 18.3 Å². The summed E-state index contributed by atoms with van der Waals surface area (Å²) < 4.78 is 26.3. The van der Waals surface area contributed by atoms with Gasteiger partial charge >= 0.3 is 5.97 Å². The molecule has 0 spiro atoms. The largest absolute Gasteiger partial charge is 0.481 e. The van der Waals surface area contributed by atoms with E-state index in [4.69, 9.17) is 5.11 Å². The molecule has 0 saturated carbocycles. The number of nitrogens with one attached hydrogen (secondary N) is 3. The number of sulfonamides is 1. The number of carbonyl (C=O) groups is 1. The van der Waals surface area contributed by atoms with Gasteiger partial charge in [0.25, 0.3) is 5.56 Å². The molecule has 0 aliphatic heterocycles. The molecule has 0 unspecified atom stereocenters. The molecule has 4 N–H and O–H groups in total. The smallest absolute Gasteiger partial charge is 0.303 e. The molecule has 24 heavy (non-hydrogen) atoms. The Morgan fingerprint density at radius 2 is 2.08 bits per heavy atom. The molecular formula is C15H15N3O5S. The van der Waals surface area contributed by atoms with Crippen LogP contribution in [-0.4, -0.2) is 36.5 Å². The second-order valence-electron chi connectivity index (χ2n) is 5.33. The minimum absolute atomic E-state index is 0.0660. The summed E-state index contributed by atoms with van der Waals surface area (Å²) in [7, 11) is -2.32. The van der Waals surface area contributed by atoms with Crippen LogP contribution in [0.25, 0.3) is 21.8 Å². The Morgan fingerprint density at radius 3 is 2.75 bits per heavy atom. The Labute approximate surface area is 136 Å². The van der Waals surface area contributed by atoms with Gasteiger partial charge in [0.15, 0.2) is 0 Å².